The van der Waals surface area contributed by atoms with Crippen LogP contribution in [0.5, 0.6) is 0 Å². The zero-order valence-electron chi connectivity index (χ0n) is 10.8. The van der Waals surface area contributed by atoms with E-state index in [0.29, 0.717) is 21.8 Å². The largest absolute Gasteiger partial charge is 0.477 e. The fraction of sp³-hybridized carbons (Fsp3) is 0.0769. The van der Waals surface area contributed by atoms with Crippen LogP contribution in [0, 0.1) is 5.82 Å². The van der Waals surface area contributed by atoms with Gasteiger partial charge in [0.25, 0.3) is 0 Å². The molecule has 0 amide bonds. The first kappa shape index (κ1) is 13.4. The van der Waals surface area contributed by atoms with E-state index in [0.717, 1.165) is 11.3 Å². The van der Waals surface area contributed by atoms with Gasteiger partial charge in [0.1, 0.15) is 10.7 Å². The van der Waals surface area contributed by atoms with Crippen molar-refractivity contribution in [1.82, 2.24) is 20.2 Å². The molecule has 106 valence electrons. The van der Waals surface area contributed by atoms with Gasteiger partial charge in [-0.3, -0.25) is 0 Å². The monoisotopic (exact) mass is 304 g/mol. The van der Waals surface area contributed by atoms with Crippen molar-refractivity contribution in [2.45, 2.75) is 0 Å². The molecule has 8 heteroatoms. The highest BCUT2D eigenvalue weighted by molar-refractivity contribution is 7.18. The third kappa shape index (κ3) is 2.40. The first-order valence-electron chi connectivity index (χ1n) is 5.92. The smallest absolute Gasteiger partial charge is 0.345 e. The fourth-order valence-corrected chi connectivity index (χ4v) is 2.93. The number of hydrogen-bond acceptors (Lipinski definition) is 5. The Hall–Kier alpha value is -2.61. The number of rotatable bonds is 3. The molecular formula is C13H9FN4O2S. The molecule has 0 aliphatic rings. The minimum atomic E-state index is -1.02. The lowest BCUT2D eigenvalue weighted by molar-refractivity contribution is 0.0702. The molecular weight excluding hydrogens is 295 g/mol. The number of aromatic nitrogens is 4. The third-order valence-corrected chi connectivity index (χ3v) is 4.08. The van der Waals surface area contributed by atoms with Gasteiger partial charge in [0, 0.05) is 17.5 Å². The van der Waals surface area contributed by atoms with Gasteiger partial charge < -0.3 is 5.11 Å². The molecule has 1 aromatic carbocycles. The standard InChI is InChI=1S/C13H9FN4O2S/c1-18-12(15-16-17-18)9-6-10(13(19)20)21-11(9)7-2-4-8(14)5-3-7/h2-6H,1H3,(H,19,20). The number of nitrogens with zero attached hydrogens (tertiary/aromatic N) is 4. The minimum Gasteiger partial charge on any atom is -0.477 e. The van der Waals surface area contributed by atoms with Gasteiger partial charge in [0.05, 0.1) is 0 Å². The molecule has 0 bridgehead atoms. The third-order valence-electron chi connectivity index (χ3n) is 2.91. The van der Waals surface area contributed by atoms with Gasteiger partial charge in [-0.15, -0.1) is 16.4 Å². The summed E-state index contributed by atoms with van der Waals surface area (Å²) in [4.78, 5) is 12.1. The number of benzene rings is 1. The molecule has 6 nitrogen and oxygen atoms in total. The van der Waals surface area contributed by atoms with Crippen LogP contribution in [0.15, 0.2) is 30.3 Å². The molecule has 0 radical (unpaired) electrons. The Balaban J connectivity index is 2.21. The predicted octanol–water partition coefficient (Wildman–Crippen LogP) is 2.44. The highest BCUT2D eigenvalue weighted by atomic mass is 32.1. The Morgan fingerprint density at radius 2 is 2.05 bits per heavy atom. The van der Waals surface area contributed by atoms with Crippen molar-refractivity contribution in [3.63, 3.8) is 0 Å². The molecule has 0 aliphatic carbocycles. The van der Waals surface area contributed by atoms with E-state index in [4.69, 9.17) is 0 Å². The second-order valence-corrected chi connectivity index (χ2v) is 5.34. The van der Waals surface area contributed by atoms with Crippen LogP contribution in [0.25, 0.3) is 21.8 Å². The number of aromatic carboxylic acids is 1. The predicted molar refractivity (Wildman–Crippen MR) is 74.5 cm³/mol. The van der Waals surface area contributed by atoms with Crippen LogP contribution in [-0.4, -0.2) is 31.3 Å². The molecule has 0 aliphatic heterocycles. The molecule has 0 spiro atoms. The first-order chi connectivity index (χ1) is 10.1. The Morgan fingerprint density at radius 1 is 1.33 bits per heavy atom. The van der Waals surface area contributed by atoms with E-state index in [1.807, 2.05) is 0 Å². The van der Waals surface area contributed by atoms with Crippen LogP contribution in [0.2, 0.25) is 0 Å². The molecule has 21 heavy (non-hydrogen) atoms. The molecule has 2 heterocycles. The summed E-state index contributed by atoms with van der Waals surface area (Å²) in [7, 11) is 1.67. The zero-order chi connectivity index (χ0) is 15.0. The minimum absolute atomic E-state index is 0.173. The number of hydrogen-bond donors (Lipinski definition) is 1. The molecule has 2 aromatic heterocycles. The lowest BCUT2D eigenvalue weighted by Gasteiger charge is -2.02. The number of carboxylic acids is 1. The van der Waals surface area contributed by atoms with Crippen molar-refractivity contribution in [3.8, 4) is 21.8 Å². The summed E-state index contributed by atoms with van der Waals surface area (Å²) in [5.74, 6) is -0.918. The summed E-state index contributed by atoms with van der Waals surface area (Å²) in [5.41, 5.74) is 1.32. The van der Waals surface area contributed by atoms with Crippen LogP contribution in [-0.2, 0) is 7.05 Å². The van der Waals surface area contributed by atoms with E-state index in [2.05, 4.69) is 15.5 Å². The lowest BCUT2D eigenvalue weighted by Crippen LogP contribution is -1.95. The summed E-state index contributed by atoms with van der Waals surface area (Å²) in [6.45, 7) is 0. The quantitative estimate of drug-likeness (QED) is 0.804. The molecule has 0 saturated heterocycles. The molecule has 0 fully saturated rings. The van der Waals surface area contributed by atoms with Crippen molar-refractivity contribution in [3.05, 3.63) is 41.0 Å². The Kier molecular flexibility index (Phi) is 3.22. The van der Waals surface area contributed by atoms with Gasteiger partial charge in [0.2, 0.25) is 0 Å². The van der Waals surface area contributed by atoms with Gasteiger partial charge in [-0.1, -0.05) is 12.1 Å². The molecule has 3 aromatic rings. The average Bonchev–Trinajstić information content (AvgIpc) is 3.05. The second kappa shape index (κ2) is 5.06. The van der Waals surface area contributed by atoms with Gasteiger partial charge in [-0.25, -0.2) is 13.9 Å². The van der Waals surface area contributed by atoms with Crippen molar-refractivity contribution < 1.29 is 14.3 Å². The highest BCUT2D eigenvalue weighted by Crippen LogP contribution is 2.38. The number of tetrazole rings is 1. The van der Waals surface area contributed by atoms with E-state index in [1.165, 1.54) is 22.9 Å². The SMILES string of the molecule is Cn1nnnc1-c1cc(C(=O)O)sc1-c1ccc(F)cc1. The number of aryl methyl sites for hydroxylation is 1. The Bertz CT molecular complexity index is 810. The fourth-order valence-electron chi connectivity index (χ4n) is 1.94. The Labute approximate surface area is 122 Å². The lowest BCUT2D eigenvalue weighted by atomic mass is 10.1. The van der Waals surface area contributed by atoms with Crippen LogP contribution >= 0.6 is 11.3 Å². The van der Waals surface area contributed by atoms with E-state index < -0.39 is 5.97 Å². The van der Waals surface area contributed by atoms with Crippen LogP contribution in [0.4, 0.5) is 4.39 Å². The maximum absolute atomic E-state index is 13.0. The molecule has 0 unspecified atom stereocenters. The number of carboxylic acid groups (broad SMARTS) is 1. The summed E-state index contributed by atoms with van der Waals surface area (Å²) >= 11 is 1.10. The maximum Gasteiger partial charge on any atom is 0.345 e. The maximum atomic E-state index is 13.0. The zero-order valence-corrected chi connectivity index (χ0v) is 11.6. The molecule has 0 saturated carbocycles. The first-order valence-corrected chi connectivity index (χ1v) is 6.73. The molecule has 0 atom stereocenters. The number of carbonyl (C=O) groups is 1. The van der Waals surface area contributed by atoms with Gasteiger partial charge in [-0.2, -0.15) is 0 Å². The van der Waals surface area contributed by atoms with E-state index in [9.17, 15) is 14.3 Å². The molecule has 1 N–H and O–H groups in total. The van der Waals surface area contributed by atoms with Crippen LogP contribution < -0.4 is 0 Å². The average molecular weight is 304 g/mol. The van der Waals surface area contributed by atoms with Gasteiger partial charge in [-0.05, 0) is 34.2 Å². The normalized spacial score (nSPS) is 10.8. The van der Waals surface area contributed by atoms with Crippen molar-refractivity contribution >= 4 is 17.3 Å². The van der Waals surface area contributed by atoms with Crippen LogP contribution in [0.3, 0.4) is 0 Å². The van der Waals surface area contributed by atoms with Gasteiger partial charge >= 0.3 is 5.97 Å². The van der Waals surface area contributed by atoms with Crippen LogP contribution in [0.1, 0.15) is 9.67 Å². The number of halogens is 1. The Morgan fingerprint density at radius 3 is 2.62 bits per heavy atom. The van der Waals surface area contributed by atoms with Crippen molar-refractivity contribution in [2.75, 3.05) is 0 Å². The summed E-state index contributed by atoms with van der Waals surface area (Å²) in [6.07, 6.45) is 0. The topological polar surface area (TPSA) is 80.9 Å². The summed E-state index contributed by atoms with van der Waals surface area (Å²) in [5, 5.41) is 20.4. The second-order valence-electron chi connectivity index (χ2n) is 4.29. The van der Waals surface area contributed by atoms with E-state index in [1.54, 1.807) is 19.2 Å². The van der Waals surface area contributed by atoms with E-state index >= 15 is 0 Å². The highest BCUT2D eigenvalue weighted by Gasteiger charge is 2.20. The van der Waals surface area contributed by atoms with Crippen molar-refractivity contribution in [2.24, 2.45) is 7.05 Å². The van der Waals surface area contributed by atoms with E-state index in [-0.39, 0.29) is 10.7 Å². The van der Waals surface area contributed by atoms with Crippen molar-refractivity contribution in [1.29, 1.82) is 0 Å². The summed E-state index contributed by atoms with van der Waals surface area (Å²) in [6, 6.07) is 7.37. The number of thiophene rings is 1. The molecule has 3 rings (SSSR count). The van der Waals surface area contributed by atoms with Gasteiger partial charge in [0.15, 0.2) is 5.82 Å². The summed E-state index contributed by atoms with van der Waals surface area (Å²) < 4.78 is 14.5.